The smallest absolute Gasteiger partial charge is 0.414 e. The molecule has 1 N–H and O–H groups in total. The average Bonchev–Trinajstić information content (AvgIpc) is 3.19. The summed E-state index contributed by atoms with van der Waals surface area (Å²) in [5, 5.41) is 2.62. The molecule has 0 aliphatic rings. The zero-order valence-corrected chi connectivity index (χ0v) is 16.8. The van der Waals surface area contributed by atoms with Gasteiger partial charge in [0.15, 0.2) is 11.2 Å². The van der Waals surface area contributed by atoms with Crippen LogP contribution in [0, 0.1) is 0 Å². The highest BCUT2D eigenvalue weighted by Crippen LogP contribution is 2.14. The second kappa shape index (κ2) is 9.08. The molecule has 2 aromatic heterocycles. The molecular weight excluding hydrogens is 394 g/mol. The van der Waals surface area contributed by atoms with Crippen molar-refractivity contribution in [2.75, 3.05) is 5.32 Å². The number of rotatable bonds is 7. The van der Waals surface area contributed by atoms with Crippen molar-refractivity contribution in [3.8, 4) is 0 Å². The number of amides is 1. The maximum atomic E-state index is 13.2. The Morgan fingerprint density at radius 2 is 1.74 bits per heavy atom. The Bertz CT molecular complexity index is 1260. The number of aromatic nitrogens is 4. The summed E-state index contributed by atoms with van der Waals surface area (Å²) >= 11 is 0. The van der Waals surface area contributed by atoms with Crippen molar-refractivity contribution in [2.45, 2.75) is 19.7 Å². The van der Waals surface area contributed by atoms with Crippen LogP contribution < -0.4 is 10.9 Å². The summed E-state index contributed by atoms with van der Waals surface area (Å²) in [4.78, 5) is 34.3. The Morgan fingerprint density at radius 3 is 2.42 bits per heavy atom. The highest BCUT2D eigenvalue weighted by atomic mass is 16.5. The van der Waals surface area contributed by atoms with E-state index < -0.39 is 6.09 Å². The van der Waals surface area contributed by atoms with E-state index in [9.17, 15) is 9.59 Å². The summed E-state index contributed by atoms with van der Waals surface area (Å²) in [6.45, 7) is 4.48. The van der Waals surface area contributed by atoms with Crippen LogP contribution in [0.1, 0.15) is 11.1 Å². The van der Waals surface area contributed by atoms with E-state index in [1.807, 2.05) is 60.7 Å². The standard InChI is InChI=1S/C23H21N5O3/c1-2-13-27-16-24-19-20(27)25-22(26-23(30)31-15-18-11-7-4-8-12-18)28(21(19)29)14-17-9-5-3-6-10-17/h2-12,16H,1,13-15H2,(H,25,26,30). The van der Waals surface area contributed by atoms with Crippen molar-refractivity contribution < 1.29 is 9.53 Å². The molecule has 0 radical (unpaired) electrons. The van der Waals surface area contributed by atoms with Crippen LogP contribution in [-0.4, -0.2) is 25.2 Å². The number of nitrogens with one attached hydrogen (secondary N) is 1. The number of anilines is 1. The van der Waals surface area contributed by atoms with Gasteiger partial charge in [-0.2, -0.15) is 4.98 Å². The first kappa shape index (κ1) is 20.1. The van der Waals surface area contributed by atoms with Gasteiger partial charge in [-0.25, -0.2) is 9.78 Å². The van der Waals surface area contributed by atoms with Crippen LogP contribution in [0.3, 0.4) is 0 Å². The van der Waals surface area contributed by atoms with E-state index in [0.29, 0.717) is 12.2 Å². The van der Waals surface area contributed by atoms with Crippen molar-refractivity contribution in [3.63, 3.8) is 0 Å². The number of hydrogen-bond donors (Lipinski definition) is 1. The Hall–Kier alpha value is -4.20. The number of hydrogen-bond acceptors (Lipinski definition) is 5. The number of imidazole rings is 1. The zero-order chi connectivity index (χ0) is 21.6. The minimum absolute atomic E-state index is 0.0882. The van der Waals surface area contributed by atoms with Crippen LogP contribution in [0.2, 0.25) is 0 Å². The van der Waals surface area contributed by atoms with E-state index in [0.717, 1.165) is 11.1 Å². The van der Waals surface area contributed by atoms with Crippen LogP contribution >= 0.6 is 0 Å². The first-order chi connectivity index (χ1) is 15.2. The molecule has 0 unspecified atom stereocenters. The molecule has 0 saturated heterocycles. The molecule has 31 heavy (non-hydrogen) atoms. The van der Waals surface area contributed by atoms with E-state index in [-0.39, 0.29) is 30.2 Å². The van der Waals surface area contributed by atoms with Crippen molar-refractivity contribution >= 4 is 23.2 Å². The summed E-state index contributed by atoms with van der Waals surface area (Å²) in [6, 6.07) is 18.8. The van der Waals surface area contributed by atoms with Gasteiger partial charge in [-0.15, -0.1) is 6.58 Å². The summed E-state index contributed by atoms with van der Waals surface area (Å²) in [6.07, 6.45) is 2.51. The van der Waals surface area contributed by atoms with E-state index in [4.69, 9.17) is 4.74 Å². The monoisotopic (exact) mass is 415 g/mol. The topological polar surface area (TPSA) is 91.0 Å². The van der Waals surface area contributed by atoms with Gasteiger partial charge >= 0.3 is 6.09 Å². The van der Waals surface area contributed by atoms with Gasteiger partial charge in [0.2, 0.25) is 5.95 Å². The largest absolute Gasteiger partial charge is 0.444 e. The average molecular weight is 415 g/mol. The molecule has 2 aromatic carbocycles. The Balaban J connectivity index is 1.67. The third-order valence-electron chi connectivity index (χ3n) is 4.66. The van der Waals surface area contributed by atoms with Gasteiger partial charge in [0, 0.05) is 6.54 Å². The normalized spacial score (nSPS) is 10.7. The van der Waals surface area contributed by atoms with Crippen LogP contribution in [-0.2, 0) is 24.4 Å². The first-order valence-corrected chi connectivity index (χ1v) is 9.74. The molecule has 2 heterocycles. The van der Waals surface area contributed by atoms with Crippen molar-refractivity contribution in [1.82, 2.24) is 19.1 Å². The summed E-state index contributed by atoms with van der Waals surface area (Å²) < 4.78 is 8.38. The molecule has 0 atom stereocenters. The van der Waals surface area contributed by atoms with Crippen LogP contribution in [0.5, 0.6) is 0 Å². The molecule has 0 bridgehead atoms. The lowest BCUT2D eigenvalue weighted by molar-refractivity contribution is 0.154. The maximum Gasteiger partial charge on any atom is 0.414 e. The molecular formula is C23H21N5O3. The van der Waals surface area contributed by atoms with E-state index >= 15 is 0 Å². The molecule has 1 amide bonds. The van der Waals surface area contributed by atoms with Gasteiger partial charge in [0.25, 0.3) is 5.56 Å². The first-order valence-electron chi connectivity index (χ1n) is 9.74. The molecule has 0 aliphatic heterocycles. The zero-order valence-electron chi connectivity index (χ0n) is 16.8. The Kier molecular flexibility index (Phi) is 5.89. The number of fused-ring (bicyclic) bond motifs is 1. The fourth-order valence-corrected chi connectivity index (χ4v) is 3.16. The summed E-state index contributed by atoms with van der Waals surface area (Å²) in [7, 11) is 0. The van der Waals surface area contributed by atoms with Gasteiger partial charge < -0.3 is 9.30 Å². The molecule has 0 saturated carbocycles. The number of allylic oxidation sites excluding steroid dienone is 1. The number of carbonyl (C=O) groups is 1. The molecule has 8 nitrogen and oxygen atoms in total. The van der Waals surface area contributed by atoms with Gasteiger partial charge in [-0.1, -0.05) is 66.7 Å². The van der Waals surface area contributed by atoms with E-state index in [1.54, 1.807) is 10.6 Å². The number of nitrogens with zero attached hydrogens (tertiary/aromatic N) is 4. The van der Waals surface area contributed by atoms with Crippen LogP contribution in [0.25, 0.3) is 11.2 Å². The third-order valence-corrected chi connectivity index (χ3v) is 4.66. The molecule has 156 valence electrons. The van der Waals surface area contributed by atoms with Crippen LogP contribution in [0.15, 0.2) is 84.4 Å². The van der Waals surface area contributed by atoms with Crippen molar-refractivity contribution in [3.05, 3.63) is 101 Å². The molecule has 4 rings (SSSR count). The number of ether oxygens (including phenoxy) is 1. The predicted molar refractivity (Wildman–Crippen MR) is 118 cm³/mol. The Morgan fingerprint density at radius 1 is 1.06 bits per heavy atom. The minimum Gasteiger partial charge on any atom is -0.444 e. The molecule has 4 aromatic rings. The lowest BCUT2D eigenvalue weighted by atomic mass is 10.2. The third kappa shape index (κ3) is 4.53. The fourth-order valence-electron chi connectivity index (χ4n) is 3.16. The van der Waals surface area contributed by atoms with Crippen molar-refractivity contribution in [1.29, 1.82) is 0 Å². The molecule has 0 aliphatic carbocycles. The van der Waals surface area contributed by atoms with Crippen LogP contribution in [0.4, 0.5) is 10.7 Å². The molecule has 8 heteroatoms. The van der Waals surface area contributed by atoms with Crippen molar-refractivity contribution in [2.24, 2.45) is 0 Å². The van der Waals surface area contributed by atoms with Gasteiger partial charge in [0.1, 0.15) is 6.61 Å². The van der Waals surface area contributed by atoms with E-state index in [1.165, 1.54) is 10.9 Å². The lowest BCUT2D eigenvalue weighted by Crippen LogP contribution is -2.28. The van der Waals surface area contributed by atoms with Gasteiger partial charge in [-0.3, -0.25) is 14.7 Å². The summed E-state index contributed by atoms with van der Waals surface area (Å²) in [5.74, 6) is 0.0882. The predicted octanol–water partition coefficient (Wildman–Crippen LogP) is 3.58. The SMILES string of the molecule is C=CCn1cnc2c(=O)n(Cc3ccccc3)c(NC(=O)OCc3ccccc3)nc21. The molecule has 0 spiro atoms. The maximum absolute atomic E-state index is 13.2. The second-order valence-corrected chi connectivity index (χ2v) is 6.86. The highest BCUT2D eigenvalue weighted by molar-refractivity contribution is 5.84. The van der Waals surface area contributed by atoms with Gasteiger partial charge in [-0.05, 0) is 11.1 Å². The number of carbonyl (C=O) groups excluding carboxylic acids is 1. The highest BCUT2D eigenvalue weighted by Gasteiger charge is 2.18. The lowest BCUT2D eigenvalue weighted by Gasteiger charge is -2.14. The fraction of sp³-hybridized carbons (Fsp3) is 0.130. The van der Waals surface area contributed by atoms with Gasteiger partial charge in [0.05, 0.1) is 12.9 Å². The minimum atomic E-state index is -0.702. The van der Waals surface area contributed by atoms with E-state index in [2.05, 4.69) is 21.9 Å². The quantitative estimate of drug-likeness (QED) is 0.466. The second-order valence-electron chi connectivity index (χ2n) is 6.86. The number of benzene rings is 2. The summed E-state index contributed by atoms with van der Waals surface area (Å²) in [5.41, 5.74) is 1.98. The molecule has 0 fully saturated rings. The Labute approximate surface area is 178 Å².